The monoisotopic (exact) mass is 382 g/mol. The zero-order valence-electron chi connectivity index (χ0n) is 15.4. The molecule has 3 aromatic rings. The van der Waals surface area contributed by atoms with Gasteiger partial charge in [-0.15, -0.1) is 0 Å². The van der Waals surface area contributed by atoms with Crippen molar-refractivity contribution in [2.45, 2.75) is 20.4 Å². The van der Waals surface area contributed by atoms with Gasteiger partial charge in [-0.2, -0.15) is 0 Å². The third kappa shape index (κ3) is 3.02. The molecule has 0 aliphatic carbocycles. The first-order valence-corrected chi connectivity index (χ1v) is 8.74. The van der Waals surface area contributed by atoms with Crippen LogP contribution in [-0.4, -0.2) is 34.9 Å². The highest BCUT2D eigenvalue weighted by Gasteiger charge is 2.23. The topological polar surface area (TPSA) is 113 Å². The Morgan fingerprint density at radius 2 is 1.89 bits per heavy atom. The minimum atomic E-state index is -0.624. The summed E-state index contributed by atoms with van der Waals surface area (Å²) in [4.78, 5) is 36.9. The molecule has 0 saturated carbocycles. The molecule has 0 atom stereocenters. The maximum absolute atomic E-state index is 12.0. The van der Waals surface area contributed by atoms with Gasteiger partial charge in [-0.05, 0) is 37.6 Å². The number of furan rings is 1. The molecular weight excluding hydrogens is 364 g/mol. The van der Waals surface area contributed by atoms with Crippen molar-refractivity contribution >= 4 is 22.8 Å². The number of rotatable bonds is 3. The largest absolute Gasteiger partial charge is 0.507 e. The summed E-state index contributed by atoms with van der Waals surface area (Å²) in [6.07, 6.45) is 0. The minimum Gasteiger partial charge on any atom is -0.507 e. The second-order valence-electron chi connectivity index (χ2n) is 6.83. The number of fused-ring (bicyclic) bond motifs is 1. The number of hydrogen-bond acceptors (Lipinski definition) is 6. The lowest BCUT2D eigenvalue weighted by Gasteiger charge is -2.26. The molecule has 1 fully saturated rings. The third-order valence-electron chi connectivity index (χ3n) is 4.85. The number of benzene rings is 1. The van der Waals surface area contributed by atoms with Crippen molar-refractivity contribution < 1.29 is 23.5 Å². The van der Waals surface area contributed by atoms with Crippen molar-refractivity contribution in [3.8, 4) is 17.3 Å². The van der Waals surface area contributed by atoms with Crippen LogP contribution in [0.5, 0.6) is 5.75 Å². The van der Waals surface area contributed by atoms with Gasteiger partial charge in [0.1, 0.15) is 11.3 Å². The SMILES string of the molecule is Cc1c(-c2cc3cc(CN4CC(=O)NCC4=O)ccc3o2)oc(=O)c(C)c1O. The van der Waals surface area contributed by atoms with Gasteiger partial charge >= 0.3 is 5.63 Å². The lowest BCUT2D eigenvalue weighted by Crippen LogP contribution is -2.50. The molecule has 28 heavy (non-hydrogen) atoms. The highest BCUT2D eigenvalue weighted by Crippen LogP contribution is 2.33. The molecule has 1 aliphatic rings. The van der Waals surface area contributed by atoms with Crippen molar-refractivity contribution in [3.63, 3.8) is 0 Å². The fourth-order valence-corrected chi connectivity index (χ4v) is 3.24. The fraction of sp³-hybridized carbons (Fsp3) is 0.250. The molecule has 8 heteroatoms. The number of amides is 2. The molecule has 144 valence electrons. The Labute approximate surface area is 159 Å². The van der Waals surface area contributed by atoms with Gasteiger partial charge in [-0.3, -0.25) is 9.59 Å². The summed E-state index contributed by atoms with van der Waals surface area (Å²) in [5.74, 6) is 0.0598. The number of nitrogens with one attached hydrogen (secondary N) is 1. The van der Waals surface area contributed by atoms with Crippen LogP contribution in [0.4, 0.5) is 0 Å². The molecule has 1 aliphatic heterocycles. The van der Waals surface area contributed by atoms with Crippen LogP contribution < -0.4 is 10.9 Å². The minimum absolute atomic E-state index is 0.00611. The van der Waals surface area contributed by atoms with E-state index in [1.54, 1.807) is 19.1 Å². The van der Waals surface area contributed by atoms with Crippen LogP contribution in [0.2, 0.25) is 0 Å². The molecule has 4 rings (SSSR count). The van der Waals surface area contributed by atoms with Gasteiger partial charge in [-0.1, -0.05) is 6.07 Å². The second-order valence-corrected chi connectivity index (χ2v) is 6.83. The average molecular weight is 382 g/mol. The highest BCUT2D eigenvalue weighted by atomic mass is 16.4. The Bertz CT molecular complexity index is 1170. The lowest BCUT2D eigenvalue weighted by molar-refractivity contribution is -0.141. The van der Waals surface area contributed by atoms with E-state index in [4.69, 9.17) is 8.83 Å². The number of carbonyl (C=O) groups is 2. The van der Waals surface area contributed by atoms with Crippen LogP contribution in [0.1, 0.15) is 16.7 Å². The maximum atomic E-state index is 12.0. The quantitative estimate of drug-likeness (QED) is 0.715. The van der Waals surface area contributed by atoms with Gasteiger partial charge in [0.2, 0.25) is 11.8 Å². The van der Waals surface area contributed by atoms with Gasteiger partial charge in [-0.25, -0.2) is 4.79 Å². The lowest BCUT2D eigenvalue weighted by atomic mass is 10.1. The summed E-state index contributed by atoms with van der Waals surface area (Å²) < 4.78 is 11.1. The van der Waals surface area contributed by atoms with Gasteiger partial charge < -0.3 is 24.2 Å². The van der Waals surface area contributed by atoms with Gasteiger partial charge in [0, 0.05) is 17.5 Å². The average Bonchev–Trinajstić information content (AvgIpc) is 3.09. The van der Waals surface area contributed by atoms with Crippen molar-refractivity contribution in [2.75, 3.05) is 13.1 Å². The maximum Gasteiger partial charge on any atom is 0.343 e. The molecule has 8 nitrogen and oxygen atoms in total. The zero-order chi connectivity index (χ0) is 20.0. The predicted molar refractivity (Wildman–Crippen MR) is 99.8 cm³/mol. The van der Waals surface area contributed by atoms with Crippen LogP contribution in [0, 0.1) is 13.8 Å². The molecule has 0 bridgehead atoms. The first kappa shape index (κ1) is 17.8. The van der Waals surface area contributed by atoms with Crippen LogP contribution in [0.15, 0.2) is 37.9 Å². The molecule has 1 saturated heterocycles. The summed E-state index contributed by atoms with van der Waals surface area (Å²) in [5, 5.41) is 13.4. The number of carbonyl (C=O) groups excluding carboxylic acids is 2. The number of aromatic hydroxyl groups is 1. The van der Waals surface area contributed by atoms with Crippen LogP contribution in [0.25, 0.3) is 22.5 Å². The number of nitrogens with zero attached hydrogens (tertiary/aromatic N) is 1. The molecular formula is C20H18N2O6. The summed E-state index contributed by atoms with van der Waals surface area (Å²) in [6.45, 7) is 3.48. The van der Waals surface area contributed by atoms with Crippen LogP contribution in [0.3, 0.4) is 0 Å². The van der Waals surface area contributed by atoms with Gasteiger partial charge in [0.25, 0.3) is 0 Å². The van der Waals surface area contributed by atoms with Gasteiger partial charge in [0.05, 0.1) is 18.7 Å². The molecule has 2 N–H and O–H groups in total. The number of piperazine rings is 1. The van der Waals surface area contributed by atoms with E-state index in [0.29, 0.717) is 23.5 Å². The van der Waals surface area contributed by atoms with Crippen molar-refractivity contribution in [2.24, 2.45) is 0 Å². The zero-order valence-corrected chi connectivity index (χ0v) is 15.4. The van der Waals surface area contributed by atoms with Crippen molar-refractivity contribution in [3.05, 3.63) is 51.4 Å². The van der Waals surface area contributed by atoms with E-state index in [2.05, 4.69) is 5.32 Å². The molecule has 0 radical (unpaired) electrons. The molecule has 1 aromatic carbocycles. The Morgan fingerprint density at radius 3 is 2.68 bits per heavy atom. The van der Waals surface area contributed by atoms with E-state index in [1.165, 1.54) is 11.8 Å². The summed E-state index contributed by atoms with van der Waals surface area (Å²) in [5.41, 5.74) is 1.36. The Morgan fingerprint density at radius 1 is 1.11 bits per heavy atom. The van der Waals surface area contributed by atoms with Crippen molar-refractivity contribution in [1.29, 1.82) is 0 Å². The molecule has 0 unspecified atom stereocenters. The van der Waals surface area contributed by atoms with Crippen molar-refractivity contribution in [1.82, 2.24) is 10.2 Å². The second kappa shape index (κ2) is 6.56. The van der Waals surface area contributed by atoms with E-state index < -0.39 is 5.63 Å². The van der Waals surface area contributed by atoms with Crippen LogP contribution >= 0.6 is 0 Å². The van der Waals surface area contributed by atoms with E-state index in [-0.39, 0.29) is 42.0 Å². The third-order valence-corrected chi connectivity index (χ3v) is 4.85. The Hall–Kier alpha value is -3.55. The number of hydrogen-bond donors (Lipinski definition) is 2. The first-order chi connectivity index (χ1) is 13.3. The van der Waals surface area contributed by atoms with Crippen LogP contribution in [-0.2, 0) is 16.1 Å². The van der Waals surface area contributed by atoms with Gasteiger partial charge in [0.15, 0.2) is 11.5 Å². The summed E-state index contributed by atoms with van der Waals surface area (Å²) >= 11 is 0. The Balaban J connectivity index is 1.69. The first-order valence-electron chi connectivity index (χ1n) is 8.74. The molecule has 3 heterocycles. The van der Waals surface area contributed by atoms with E-state index in [0.717, 1.165) is 10.9 Å². The molecule has 2 amide bonds. The smallest absolute Gasteiger partial charge is 0.343 e. The fourth-order valence-electron chi connectivity index (χ4n) is 3.24. The summed E-state index contributed by atoms with van der Waals surface area (Å²) in [7, 11) is 0. The van der Waals surface area contributed by atoms with E-state index in [1.807, 2.05) is 12.1 Å². The molecule has 0 spiro atoms. The van der Waals surface area contributed by atoms with E-state index >= 15 is 0 Å². The molecule has 2 aromatic heterocycles. The highest BCUT2D eigenvalue weighted by molar-refractivity contribution is 5.92. The standard InChI is InChI=1S/C20H18N2O6/c1-10-18(25)11(2)20(26)28-19(10)15-6-13-5-12(3-4-14(13)27-15)8-22-9-16(23)21-7-17(22)24/h3-6,25H,7-9H2,1-2H3,(H,21,23). The van der Waals surface area contributed by atoms with E-state index in [9.17, 15) is 19.5 Å². The predicted octanol–water partition coefficient (Wildman–Crippen LogP) is 1.83. The Kier molecular flexibility index (Phi) is 4.18. The summed E-state index contributed by atoms with van der Waals surface area (Å²) in [6, 6.07) is 7.13. The normalized spacial score (nSPS) is 14.6.